The number of amidine groups is 1. The number of nitrogens with two attached hydrogens (primary N) is 1. The zero-order chi connectivity index (χ0) is 13.7. The molecule has 0 aliphatic rings. The molecule has 1 rings (SSSR count). The molecule has 1 unspecified atom stereocenters. The number of halogens is 1. The lowest BCUT2D eigenvalue weighted by Crippen LogP contribution is -2.34. The van der Waals surface area contributed by atoms with Crippen LogP contribution in [-0.2, 0) is 4.74 Å². The van der Waals surface area contributed by atoms with Gasteiger partial charge in [-0.2, -0.15) is 0 Å². The molecule has 18 heavy (non-hydrogen) atoms. The first-order chi connectivity index (χ1) is 8.51. The predicted molar refractivity (Wildman–Crippen MR) is 73.7 cm³/mol. The largest absolute Gasteiger partial charge is 0.409 e. The van der Waals surface area contributed by atoms with Crippen LogP contribution < -0.4 is 10.6 Å². The van der Waals surface area contributed by atoms with Crippen molar-refractivity contribution < 1.29 is 9.94 Å². The maximum absolute atomic E-state index is 8.80. The summed E-state index contributed by atoms with van der Waals surface area (Å²) in [5.74, 6) is 0.0315. The maximum atomic E-state index is 8.80. The van der Waals surface area contributed by atoms with E-state index in [1.54, 1.807) is 19.2 Å². The number of rotatable bonds is 5. The summed E-state index contributed by atoms with van der Waals surface area (Å²) in [6.07, 6.45) is 0. The summed E-state index contributed by atoms with van der Waals surface area (Å²) in [6, 6.07) is 5.42. The zero-order valence-corrected chi connectivity index (χ0v) is 11.5. The van der Waals surface area contributed by atoms with E-state index in [2.05, 4.69) is 5.16 Å². The normalized spacial score (nSPS) is 13.4. The van der Waals surface area contributed by atoms with Crippen LogP contribution in [0.25, 0.3) is 0 Å². The Balaban J connectivity index is 3.15. The number of anilines is 1. The van der Waals surface area contributed by atoms with Gasteiger partial charge >= 0.3 is 0 Å². The SMILES string of the molecule is COCC(C)N(C)c1ccc(Cl)cc1C(N)=NO. The van der Waals surface area contributed by atoms with Crippen molar-refractivity contribution in [1.82, 2.24) is 0 Å². The van der Waals surface area contributed by atoms with Gasteiger partial charge in [0.05, 0.1) is 6.61 Å². The lowest BCUT2D eigenvalue weighted by molar-refractivity contribution is 0.183. The van der Waals surface area contributed by atoms with Gasteiger partial charge in [-0.25, -0.2) is 0 Å². The van der Waals surface area contributed by atoms with Gasteiger partial charge in [0, 0.05) is 36.5 Å². The lowest BCUT2D eigenvalue weighted by atomic mass is 10.1. The van der Waals surface area contributed by atoms with E-state index in [9.17, 15) is 0 Å². The van der Waals surface area contributed by atoms with Gasteiger partial charge in [0.25, 0.3) is 0 Å². The second-order valence-electron chi connectivity index (χ2n) is 4.06. The third-order valence-corrected chi connectivity index (χ3v) is 3.03. The van der Waals surface area contributed by atoms with Gasteiger partial charge in [-0.3, -0.25) is 0 Å². The van der Waals surface area contributed by atoms with E-state index in [1.165, 1.54) is 0 Å². The number of methoxy groups -OCH3 is 1. The Labute approximate surface area is 112 Å². The highest BCUT2D eigenvalue weighted by Crippen LogP contribution is 2.25. The minimum Gasteiger partial charge on any atom is -0.409 e. The van der Waals surface area contributed by atoms with Crippen LogP contribution in [0.15, 0.2) is 23.4 Å². The minimum atomic E-state index is 0.0315. The minimum absolute atomic E-state index is 0.0315. The highest BCUT2D eigenvalue weighted by atomic mass is 35.5. The third kappa shape index (κ3) is 3.27. The van der Waals surface area contributed by atoms with Gasteiger partial charge in [-0.15, -0.1) is 0 Å². The van der Waals surface area contributed by atoms with Crippen LogP contribution in [0.5, 0.6) is 0 Å². The fourth-order valence-electron chi connectivity index (χ4n) is 1.67. The molecule has 0 fully saturated rings. The van der Waals surface area contributed by atoms with Gasteiger partial charge < -0.3 is 20.6 Å². The first-order valence-electron chi connectivity index (χ1n) is 5.50. The van der Waals surface area contributed by atoms with E-state index < -0.39 is 0 Å². The van der Waals surface area contributed by atoms with E-state index in [4.69, 9.17) is 27.3 Å². The molecule has 0 radical (unpaired) electrons. The Morgan fingerprint density at radius 1 is 1.61 bits per heavy atom. The average Bonchev–Trinajstić information content (AvgIpc) is 2.37. The molecule has 0 saturated carbocycles. The second-order valence-corrected chi connectivity index (χ2v) is 4.50. The number of likely N-dealkylation sites (N-methyl/N-ethyl adjacent to an activating group) is 1. The van der Waals surface area contributed by atoms with Gasteiger partial charge in [-0.1, -0.05) is 16.8 Å². The van der Waals surface area contributed by atoms with E-state index in [1.807, 2.05) is 24.9 Å². The lowest BCUT2D eigenvalue weighted by Gasteiger charge is -2.28. The van der Waals surface area contributed by atoms with Gasteiger partial charge in [0.1, 0.15) is 0 Å². The van der Waals surface area contributed by atoms with Crippen molar-refractivity contribution in [3.63, 3.8) is 0 Å². The Bertz CT molecular complexity index is 437. The topological polar surface area (TPSA) is 71.1 Å². The Hall–Kier alpha value is -1.46. The standard InChI is InChI=1S/C12H18ClN3O2/c1-8(7-18-3)16(2)11-5-4-9(13)6-10(11)12(14)15-17/h4-6,8,17H,7H2,1-3H3,(H2,14,15). The van der Waals surface area contributed by atoms with Crippen molar-refractivity contribution in [3.8, 4) is 0 Å². The number of hydrogen-bond donors (Lipinski definition) is 2. The van der Waals surface area contributed by atoms with Crippen LogP contribution in [0, 0.1) is 0 Å². The summed E-state index contributed by atoms with van der Waals surface area (Å²) in [7, 11) is 3.57. The molecule has 0 bridgehead atoms. The zero-order valence-electron chi connectivity index (χ0n) is 10.7. The number of ether oxygens (including phenoxy) is 1. The molecule has 100 valence electrons. The maximum Gasteiger partial charge on any atom is 0.172 e. The fourth-order valence-corrected chi connectivity index (χ4v) is 1.84. The van der Waals surface area contributed by atoms with Crippen LogP contribution >= 0.6 is 11.6 Å². The predicted octanol–water partition coefficient (Wildman–Crippen LogP) is 1.91. The molecule has 1 aromatic rings. The summed E-state index contributed by atoms with van der Waals surface area (Å²) in [5.41, 5.74) is 7.08. The van der Waals surface area contributed by atoms with Gasteiger partial charge in [0.2, 0.25) is 0 Å². The molecule has 1 aromatic carbocycles. The number of nitrogens with zero attached hydrogens (tertiary/aromatic N) is 2. The molecule has 0 saturated heterocycles. The molecule has 0 aliphatic heterocycles. The summed E-state index contributed by atoms with van der Waals surface area (Å²) < 4.78 is 5.12. The molecular weight excluding hydrogens is 254 g/mol. The molecular formula is C12H18ClN3O2. The molecule has 0 spiro atoms. The fraction of sp³-hybridized carbons (Fsp3) is 0.417. The van der Waals surface area contributed by atoms with Crippen molar-refractivity contribution in [2.45, 2.75) is 13.0 Å². The van der Waals surface area contributed by atoms with Crippen molar-refractivity contribution in [1.29, 1.82) is 0 Å². The number of oxime groups is 1. The van der Waals surface area contributed by atoms with Crippen molar-refractivity contribution >= 4 is 23.1 Å². The van der Waals surface area contributed by atoms with Gasteiger partial charge in [0.15, 0.2) is 5.84 Å². The molecule has 5 nitrogen and oxygen atoms in total. The van der Waals surface area contributed by atoms with Crippen molar-refractivity contribution in [3.05, 3.63) is 28.8 Å². The Morgan fingerprint density at radius 3 is 2.83 bits per heavy atom. The molecule has 0 aliphatic carbocycles. The number of benzene rings is 1. The number of hydrogen-bond acceptors (Lipinski definition) is 4. The van der Waals surface area contributed by atoms with Crippen LogP contribution in [0.2, 0.25) is 5.02 Å². The van der Waals surface area contributed by atoms with Crippen LogP contribution in [0.4, 0.5) is 5.69 Å². The third-order valence-electron chi connectivity index (χ3n) is 2.79. The van der Waals surface area contributed by atoms with Gasteiger partial charge in [-0.05, 0) is 25.1 Å². The smallest absolute Gasteiger partial charge is 0.172 e. The van der Waals surface area contributed by atoms with Crippen molar-refractivity contribution in [2.24, 2.45) is 10.9 Å². The monoisotopic (exact) mass is 271 g/mol. The second kappa shape index (κ2) is 6.47. The highest BCUT2D eigenvalue weighted by molar-refractivity contribution is 6.31. The molecule has 1 atom stereocenters. The van der Waals surface area contributed by atoms with E-state index in [0.29, 0.717) is 17.2 Å². The first kappa shape index (κ1) is 14.6. The van der Waals surface area contributed by atoms with E-state index >= 15 is 0 Å². The summed E-state index contributed by atoms with van der Waals surface area (Å²) >= 11 is 5.93. The molecule has 0 heterocycles. The van der Waals surface area contributed by atoms with Crippen LogP contribution in [0.1, 0.15) is 12.5 Å². The molecule has 6 heteroatoms. The summed E-state index contributed by atoms with van der Waals surface area (Å²) in [6.45, 7) is 2.60. The average molecular weight is 272 g/mol. The van der Waals surface area contributed by atoms with Crippen LogP contribution in [0.3, 0.4) is 0 Å². The Morgan fingerprint density at radius 2 is 2.28 bits per heavy atom. The van der Waals surface area contributed by atoms with E-state index in [-0.39, 0.29) is 11.9 Å². The first-order valence-corrected chi connectivity index (χ1v) is 5.88. The van der Waals surface area contributed by atoms with Crippen LogP contribution in [-0.4, -0.2) is 37.8 Å². The Kier molecular flexibility index (Phi) is 5.25. The molecule has 0 aromatic heterocycles. The quantitative estimate of drug-likeness (QED) is 0.371. The van der Waals surface area contributed by atoms with E-state index in [0.717, 1.165) is 5.69 Å². The summed E-state index contributed by atoms with van der Waals surface area (Å²) in [5, 5.41) is 12.4. The highest BCUT2D eigenvalue weighted by Gasteiger charge is 2.16. The molecule has 3 N–H and O–H groups in total. The summed E-state index contributed by atoms with van der Waals surface area (Å²) in [4.78, 5) is 1.99. The molecule has 0 amide bonds. The van der Waals surface area contributed by atoms with Crippen molar-refractivity contribution in [2.75, 3.05) is 25.7 Å².